The van der Waals surface area contributed by atoms with Gasteiger partial charge in [-0.3, -0.25) is 4.90 Å². The topological polar surface area (TPSA) is 34.6 Å². The summed E-state index contributed by atoms with van der Waals surface area (Å²) in [6, 6.07) is 8.04. The second kappa shape index (κ2) is 7.79. The molecule has 0 aliphatic rings. The molecule has 0 amide bonds. The summed E-state index contributed by atoms with van der Waals surface area (Å²) in [5.41, 5.74) is 3.43. The highest BCUT2D eigenvalue weighted by Gasteiger charge is 2.11. The normalized spacial score (nSPS) is 11.0. The number of benzene rings is 1. The number of methoxy groups -OCH3 is 2. The zero-order chi connectivity index (χ0) is 16.9. The SMILES string of the molecule is COc1ccc(CN(C)Cc2csc(-c3ccsc3)n2)c(OC)c1. The molecule has 0 saturated heterocycles. The Morgan fingerprint density at radius 2 is 1.96 bits per heavy atom. The molecule has 0 aliphatic heterocycles. The van der Waals surface area contributed by atoms with Gasteiger partial charge in [0.2, 0.25) is 0 Å². The monoisotopic (exact) mass is 360 g/mol. The maximum Gasteiger partial charge on any atom is 0.127 e. The lowest BCUT2D eigenvalue weighted by molar-refractivity contribution is 0.306. The Hall–Kier alpha value is -1.89. The average Bonchev–Trinajstić information content (AvgIpc) is 3.26. The molecule has 2 heterocycles. The summed E-state index contributed by atoms with van der Waals surface area (Å²) in [6.45, 7) is 1.59. The molecule has 0 spiro atoms. The fourth-order valence-corrected chi connectivity index (χ4v) is 4.03. The maximum absolute atomic E-state index is 5.47. The van der Waals surface area contributed by atoms with Crippen molar-refractivity contribution in [2.24, 2.45) is 0 Å². The molecular formula is C18H20N2O2S2. The zero-order valence-corrected chi connectivity index (χ0v) is 15.6. The Balaban J connectivity index is 1.66. The molecule has 126 valence electrons. The lowest BCUT2D eigenvalue weighted by Gasteiger charge is -2.18. The van der Waals surface area contributed by atoms with Crippen LogP contribution in [0.4, 0.5) is 0 Å². The summed E-state index contributed by atoms with van der Waals surface area (Å²) >= 11 is 3.39. The number of rotatable bonds is 7. The lowest BCUT2D eigenvalue weighted by atomic mass is 10.1. The minimum atomic E-state index is 0.790. The molecular weight excluding hydrogens is 340 g/mol. The second-order valence-corrected chi connectivity index (χ2v) is 7.14. The van der Waals surface area contributed by atoms with Crippen LogP contribution in [-0.4, -0.2) is 31.2 Å². The highest BCUT2D eigenvalue weighted by molar-refractivity contribution is 7.14. The lowest BCUT2D eigenvalue weighted by Crippen LogP contribution is -2.18. The van der Waals surface area contributed by atoms with E-state index in [1.807, 2.05) is 18.2 Å². The Labute approximate surface area is 150 Å². The molecule has 1 aromatic carbocycles. The summed E-state index contributed by atoms with van der Waals surface area (Å²) in [5.74, 6) is 1.65. The van der Waals surface area contributed by atoms with Gasteiger partial charge >= 0.3 is 0 Å². The van der Waals surface area contributed by atoms with Gasteiger partial charge in [0.05, 0.1) is 19.9 Å². The minimum absolute atomic E-state index is 0.790. The van der Waals surface area contributed by atoms with Crippen molar-refractivity contribution in [3.05, 3.63) is 51.7 Å². The molecule has 0 atom stereocenters. The van der Waals surface area contributed by atoms with Crippen LogP contribution in [0.1, 0.15) is 11.3 Å². The fraction of sp³-hybridized carbons (Fsp3) is 0.278. The van der Waals surface area contributed by atoms with Gasteiger partial charge < -0.3 is 9.47 Å². The second-order valence-electron chi connectivity index (χ2n) is 5.51. The van der Waals surface area contributed by atoms with Crippen LogP contribution in [0.3, 0.4) is 0 Å². The first-order valence-corrected chi connectivity index (χ1v) is 9.38. The van der Waals surface area contributed by atoms with Gasteiger partial charge in [-0.2, -0.15) is 11.3 Å². The van der Waals surface area contributed by atoms with Gasteiger partial charge in [-0.05, 0) is 24.6 Å². The van der Waals surface area contributed by atoms with Crippen molar-refractivity contribution in [2.75, 3.05) is 21.3 Å². The molecule has 4 nitrogen and oxygen atoms in total. The summed E-state index contributed by atoms with van der Waals surface area (Å²) in [4.78, 5) is 6.97. The standard InChI is InChI=1S/C18H20N2O2S2/c1-20(9-13-4-5-16(21-2)8-17(13)22-3)10-15-12-24-18(19-15)14-6-7-23-11-14/h4-8,11-12H,9-10H2,1-3H3. The number of thiophene rings is 1. The molecule has 0 fully saturated rings. The third kappa shape index (κ3) is 3.95. The molecule has 0 bridgehead atoms. The predicted molar refractivity (Wildman–Crippen MR) is 100 cm³/mol. The number of hydrogen-bond donors (Lipinski definition) is 0. The molecule has 0 N–H and O–H groups in total. The summed E-state index contributed by atoms with van der Waals surface area (Å²) < 4.78 is 10.7. The van der Waals surface area contributed by atoms with E-state index in [2.05, 4.69) is 34.2 Å². The van der Waals surface area contributed by atoms with Crippen molar-refractivity contribution in [2.45, 2.75) is 13.1 Å². The van der Waals surface area contributed by atoms with Crippen LogP contribution in [0.25, 0.3) is 10.6 Å². The minimum Gasteiger partial charge on any atom is -0.497 e. The molecule has 0 unspecified atom stereocenters. The van der Waals surface area contributed by atoms with E-state index in [0.29, 0.717) is 0 Å². The number of hydrogen-bond acceptors (Lipinski definition) is 6. The average molecular weight is 361 g/mol. The quantitative estimate of drug-likeness (QED) is 0.620. The highest BCUT2D eigenvalue weighted by atomic mass is 32.1. The first-order valence-electron chi connectivity index (χ1n) is 7.56. The van der Waals surface area contributed by atoms with E-state index in [1.165, 1.54) is 5.56 Å². The number of nitrogens with zero attached hydrogens (tertiary/aromatic N) is 2. The van der Waals surface area contributed by atoms with Crippen molar-refractivity contribution in [3.8, 4) is 22.1 Å². The first-order chi connectivity index (χ1) is 11.7. The zero-order valence-electron chi connectivity index (χ0n) is 14.0. The molecule has 3 rings (SSSR count). The third-order valence-electron chi connectivity index (χ3n) is 3.69. The molecule has 0 aliphatic carbocycles. The van der Waals surface area contributed by atoms with Gasteiger partial charge in [0.1, 0.15) is 16.5 Å². The molecule has 0 radical (unpaired) electrons. The Morgan fingerprint density at radius 3 is 2.67 bits per heavy atom. The van der Waals surface area contributed by atoms with Crippen LogP contribution < -0.4 is 9.47 Å². The number of thiazole rings is 1. The van der Waals surface area contributed by atoms with E-state index >= 15 is 0 Å². The Kier molecular flexibility index (Phi) is 5.50. The van der Waals surface area contributed by atoms with Gasteiger partial charge in [0, 0.05) is 41.0 Å². The van der Waals surface area contributed by atoms with Crippen molar-refractivity contribution in [1.82, 2.24) is 9.88 Å². The fourth-order valence-electron chi connectivity index (χ4n) is 2.50. The van der Waals surface area contributed by atoms with E-state index in [9.17, 15) is 0 Å². The van der Waals surface area contributed by atoms with Crippen LogP contribution in [-0.2, 0) is 13.1 Å². The maximum atomic E-state index is 5.47. The highest BCUT2D eigenvalue weighted by Crippen LogP contribution is 2.28. The van der Waals surface area contributed by atoms with Gasteiger partial charge in [-0.15, -0.1) is 11.3 Å². The van der Waals surface area contributed by atoms with Crippen LogP contribution in [0.2, 0.25) is 0 Å². The van der Waals surface area contributed by atoms with Crippen LogP contribution in [0, 0.1) is 0 Å². The van der Waals surface area contributed by atoms with Crippen molar-refractivity contribution in [3.63, 3.8) is 0 Å². The van der Waals surface area contributed by atoms with Crippen LogP contribution in [0.5, 0.6) is 11.5 Å². The van der Waals surface area contributed by atoms with Gasteiger partial charge in [0.15, 0.2) is 0 Å². The molecule has 0 saturated carbocycles. The third-order valence-corrected chi connectivity index (χ3v) is 5.31. The molecule has 6 heteroatoms. The van der Waals surface area contributed by atoms with Gasteiger partial charge in [-0.1, -0.05) is 6.07 Å². The first kappa shape index (κ1) is 17.0. The smallest absolute Gasteiger partial charge is 0.127 e. The van der Waals surface area contributed by atoms with E-state index < -0.39 is 0 Å². The van der Waals surface area contributed by atoms with E-state index in [0.717, 1.165) is 40.9 Å². The van der Waals surface area contributed by atoms with E-state index in [-0.39, 0.29) is 0 Å². The van der Waals surface area contributed by atoms with Gasteiger partial charge in [-0.25, -0.2) is 4.98 Å². The van der Waals surface area contributed by atoms with Crippen LogP contribution in [0.15, 0.2) is 40.4 Å². The van der Waals surface area contributed by atoms with E-state index in [4.69, 9.17) is 14.5 Å². The predicted octanol–water partition coefficient (Wildman–Crippen LogP) is 4.52. The van der Waals surface area contributed by atoms with E-state index in [1.54, 1.807) is 36.9 Å². The Morgan fingerprint density at radius 1 is 1.08 bits per heavy atom. The Bertz CT molecular complexity index is 784. The molecule has 2 aromatic heterocycles. The molecule has 3 aromatic rings. The number of aromatic nitrogens is 1. The van der Waals surface area contributed by atoms with Crippen LogP contribution >= 0.6 is 22.7 Å². The summed E-state index contributed by atoms with van der Waals surface area (Å²) in [6.07, 6.45) is 0. The van der Waals surface area contributed by atoms with Crippen molar-refractivity contribution in [1.29, 1.82) is 0 Å². The largest absolute Gasteiger partial charge is 0.497 e. The number of ether oxygens (including phenoxy) is 2. The molecule has 24 heavy (non-hydrogen) atoms. The van der Waals surface area contributed by atoms with Crippen molar-refractivity contribution < 1.29 is 9.47 Å². The van der Waals surface area contributed by atoms with Gasteiger partial charge in [0.25, 0.3) is 0 Å². The van der Waals surface area contributed by atoms with Crippen molar-refractivity contribution >= 4 is 22.7 Å². The summed E-state index contributed by atoms with van der Waals surface area (Å²) in [7, 11) is 5.44. The summed E-state index contributed by atoms with van der Waals surface area (Å²) in [5, 5.41) is 7.43.